The van der Waals surface area contributed by atoms with Gasteiger partial charge in [-0.15, -0.1) is 11.3 Å². The maximum atomic E-state index is 12.6. The highest BCUT2D eigenvalue weighted by Crippen LogP contribution is 2.23. The van der Waals surface area contributed by atoms with Crippen LogP contribution in [0.4, 0.5) is 0 Å². The van der Waals surface area contributed by atoms with Crippen molar-refractivity contribution in [1.82, 2.24) is 18.9 Å². The van der Waals surface area contributed by atoms with E-state index in [1.807, 2.05) is 60.2 Å². The van der Waals surface area contributed by atoms with Crippen LogP contribution < -0.4 is 5.56 Å². The summed E-state index contributed by atoms with van der Waals surface area (Å²) in [5.41, 5.74) is 4.10. The summed E-state index contributed by atoms with van der Waals surface area (Å²) < 4.78 is 8.99. The summed E-state index contributed by atoms with van der Waals surface area (Å²) in [6.45, 7) is 3.71. The van der Waals surface area contributed by atoms with E-state index in [0.29, 0.717) is 21.7 Å². The first-order valence-corrected chi connectivity index (χ1v) is 10.6. The number of hydrogen-bond donors (Lipinski definition) is 0. The van der Waals surface area contributed by atoms with Crippen LogP contribution in [-0.2, 0) is 11.3 Å². The summed E-state index contributed by atoms with van der Waals surface area (Å²) in [4.78, 5) is 34.5. The Balaban J connectivity index is 1.40. The predicted molar refractivity (Wildman–Crippen MR) is 119 cm³/mol. The molecule has 5 aromatic rings. The molecule has 7 nitrogen and oxygen atoms in total. The Morgan fingerprint density at radius 1 is 1.06 bits per heavy atom. The van der Waals surface area contributed by atoms with Gasteiger partial charge >= 0.3 is 5.97 Å². The highest BCUT2D eigenvalue weighted by Gasteiger charge is 2.14. The summed E-state index contributed by atoms with van der Waals surface area (Å²) in [5, 5.41) is 1.87. The smallest absolute Gasteiger partial charge is 0.338 e. The van der Waals surface area contributed by atoms with E-state index in [9.17, 15) is 9.59 Å². The first-order chi connectivity index (χ1) is 15.0. The quantitative estimate of drug-likeness (QED) is 0.402. The normalized spacial score (nSPS) is 11.3. The number of nitrogens with zero attached hydrogens (tertiary/aromatic N) is 4. The Hall–Kier alpha value is -3.78. The average Bonchev–Trinajstić information content (AvgIpc) is 3.31. The van der Waals surface area contributed by atoms with Crippen molar-refractivity contribution in [3.63, 3.8) is 0 Å². The van der Waals surface area contributed by atoms with Crippen LogP contribution in [0.15, 0.2) is 64.8 Å². The number of fused-ring (bicyclic) bond motifs is 2. The number of thiazole rings is 1. The highest BCUT2D eigenvalue weighted by molar-refractivity contribution is 7.15. The fourth-order valence-electron chi connectivity index (χ4n) is 3.63. The molecule has 3 heterocycles. The van der Waals surface area contributed by atoms with E-state index in [0.717, 1.165) is 22.7 Å². The SMILES string of the molecule is Cc1nc2cc(C(=O)OCc3cc(=O)n4c(C)csc4n3)ccc2n1-c1ccccc1. The fraction of sp³-hybridized carbons (Fsp3) is 0.130. The second kappa shape index (κ2) is 7.48. The van der Waals surface area contributed by atoms with Gasteiger partial charge < -0.3 is 4.74 Å². The van der Waals surface area contributed by atoms with Gasteiger partial charge in [0.1, 0.15) is 12.4 Å². The molecule has 0 atom stereocenters. The second-order valence-electron chi connectivity index (χ2n) is 7.19. The Bertz CT molecular complexity index is 1500. The molecule has 0 fully saturated rings. The fourth-order valence-corrected chi connectivity index (χ4v) is 4.52. The van der Waals surface area contributed by atoms with Crippen molar-refractivity contribution in [2.75, 3.05) is 0 Å². The first kappa shape index (κ1) is 19.2. The van der Waals surface area contributed by atoms with E-state index < -0.39 is 5.97 Å². The van der Waals surface area contributed by atoms with Gasteiger partial charge in [-0.25, -0.2) is 14.8 Å². The molecule has 0 N–H and O–H groups in total. The molecule has 0 saturated heterocycles. The van der Waals surface area contributed by atoms with Crippen molar-refractivity contribution in [2.45, 2.75) is 20.5 Å². The summed E-state index contributed by atoms with van der Waals surface area (Å²) in [7, 11) is 0. The monoisotopic (exact) mass is 430 g/mol. The number of para-hydroxylation sites is 1. The Morgan fingerprint density at radius 3 is 2.68 bits per heavy atom. The van der Waals surface area contributed by atoms with Gasteiger partial charge in [-0.1, -0.05) is 18.2 Å². The van der Waals surface area contributed by atoms with E-state index >= 15 is 0 Å². The maximum absolute atomic E-state index is 12.6. The second-order valence-corrected chi connectivity index (χ2v) is 8.03. The van der Waals surface area contributed by atoms with Gasteiger partial charge in [-0.3, -0.25) is 13.8 Å². The van der Waals surface area contributed by atoms with Crippen molar-refractivity contribution >= 4 is 33.3 Å². The molecule has 31 heavy (non-hydrogen) atoms. The van der Waals surface area contributed by atoms with Crippen LogP contribution in [0.1, 0.15) is 27.6 Å². The van der Waals surface area contributed by atoms with Gasteiger partial charge in [0.05, 0.1) is 22.3 Å². The number of imidazole rings is 1. The standard InChI is InChI=1S/C23H18N4O3S/c1-14-13-31-23-25-17(11-21(28)26(14)23)12-30-22(29)16-8-9-20-19(10-16)24-15(2)27(20)18-6-4-3-5-7-18/h3-11,13H,12H2,1-2H3. The number of aryl methyl sites for hydroxylation is 2. The lowest BCUT2D eigenvalue weighted by molar-refractivity contribution is 0.0468. The van der Waals surface area contributed by atoms with Crippen molar-refractivity contribution in [3.8, 4) is 5.69 Å². The van der Waals surface area contributed by atoms with Crippen LogP contribution in [-0.4, -0.2) is 24.9 Å². The van der Waals surface area contributed by atoms with Crippen molar-refractivity contribution in [2.24, 2.45) is 0 Å². The lowest BCUT2D eigenvalue weighted by Gasteiger charge is -2.07. The summed E-state index contributed by atoms with van der Waals surface area (Å²) >= 11 is 1.38. The number of rotatable bonds is 4. The Kier molecular flexibility index (Phi) is 4.63. The van der Waals surface area contributed by atoms with Crippen LogP contribution in [0.2, 0.25) is 0 Å². The molecule has 0 unspecified atom stereocenters. The zero-order chi connectivity index (χ0) is 21.5. The predicted octanol–water partition coefficient (Wildman–Crippen LogP) is 4.07. The molecule has 5 rings (SSSR count). The Labute approximate surface area is 181 Å². The third kappa shape index (κ3) is 3.40. The van der Waals surface area contributed by atoms with Crippen LogP contribution in [0.3, 0.4) is 0 Å². The van der Waals surface area contributed by atoms with Crippen molar-refractivity contribution in [1.29, 1.82) is 0 Å². The molecular weight excluding hydrogens is 412 g/mol. The van der Waals surface area contributed by atoms with E-state index in [1.54, 1.807) is 12.1 Å². The van der Waals surface area contributed by atoms with Gasteiger partial charge in [-0.2, -0.15) is 0 Å². The van der Waals surface area contributed by atoms with Gasteiger partial charge in [0.15, 0.2) is 4.96 Å². The maximum Gasteiger partial charge on any atom is 0.338 e. The van der Waals surface area contributed by atoms with E-state index in [4.69, 9.17) is 4.74 Å². The molecule has 0 spiro atoms. The molecule has 0 aliphatic rings. The van der Waals surface area contributed by atoms with E-state index in [2.05, 4.69) is 9.97 Å². The lowest BCUT2D eigenvalue weighted by Crippen LogP contribution is -2.16. The largest absolute Gasteiger partial charge is 0.456 e. The zero-order valence-electron chi connectivity index (χ0n) is 16.9. The third-order valence-corrected chi connectivity index (χ3v) is 6.00. The minimum Gasteiger partial charge on any atom is -0.456 e. The molecule has 0 radical (unpaired) electrons. The number of benzene rings is 2. The Morgan fingerprint density at radius 2 is 1.87 bits per heavy atom. The summed E-state index contributed by atoms with van der Waals surface area (Å²) in [6, 6.07) is 16.6. The summed E-state index contributed by atoms with van der Waals surface area (Å²) in [5.74, 6) is 0.342. The van der Waals surface area contributed by atoms with Gasteiger partial charge in [0, 0.05) is 22.8 Å². The van der Waals surface area contributed by atoms with Crippen LogP contribution in [0.5, 0.6) is 0 Å². The number of esters is 1. The molecule has 8 heteroatoms. The zero-order valence-corrected chi connectivity index (χ0v) is 17.7. The third-order valence-electron chi connectivity index (χ3n) is 5.05. The molecule has 154 valence electrons. The first-order valence-electron chi connectivity index (χ1n) is 9.70. The van der Waals surface area contributed by atoms with Crippen LogP contribution in [0, 0.1) is 13.8 Å². The molecule has 0 aliphatic carbocycles. The molecule has 0 saturated carbocycles. The van der Waals surface area contributed by atoms with Crippen LogP contribution >= 0.6 is 11.3 Å². The van der Waals surface area contributed by atoms with E-state index in [-0.39, 0.29) is 12.2 Å². The average molecular weight is 430 g/mol. The molecule has 0 amide bonds. The number of carbonyl (C=O) groups excluding carboxylic acids is 1. The number of aromatic nitrogens is 4. The van der Waals surface area contributed by atoms with Crippen molar-refractivity contribution in [3.05, 3.63) is 93.1 Å². The van der Waals surface area contributed by atoms with Crippen molar-refractivity contribution < 1.29 is 9.53 Å². The summed E-state index contributed by atoms with van der Waals surface area (Å²) in [6.07, 6.45) is 0. The molecule has 2 aromatic carbocycles. The highest BCUT2D eigenvalue weighted by atomic mass is 32.1. The number of hydrogen-bond acceptors (Lipinski definition) is 6. The van der Waals surface area contributed by atoms with Gasteiger partial charge in [-0.05, 0) is 44.2 Å². The molecular formula is C23H18N4O3S. The van der Waals surface area contributed by atoms with Gasteiger partial charge in [0.2, 0.25) is 0 Å². The number of carbonyl (C=O) groups is 1. The molecule has 0 bridgehead atoms. The lowest BCUT2D eigenvalue weighted by atomic mass is 10.2. The topological polar surface area (TPSA) is 78.5 Å². The minimum absolute atomic E-state index is 0.0724. The van der Waals surface area contributed by atoms with Gasteiger partial charge in [0.25, 0.3) is 5.56 Å². The molecule has 3 aromatic heterocycles. The van der Waals surface area contributed by atoms with E-state index in [1.165, 1.54) is 21.8 Å². The van der Waals surface area contributed by atoms with Crippen LogP contribution in [0.25, 0.3) is 21.7 Å². The minimum atomic E-state index is -0.488. The molecule has 0 aliphatic heterocycles. The number of ether oxygens (including phenoxy) is 1.